The molecule has 0 aromatic rings. The van der Waals surface area contributed by atoms with Gasteiger partial charge in [0.1, 0.15) is 5.78 Å². The minimum atomic E-state index is -0.644. The molecule has 15 atom stereocenters. The van der Waals surface area contributed by atoms with E-state index in [1.165, 1.54) is 35.5 Å². The van der Waals surface area contributed by atoms with Crippen LogP contribution in [0.3, 0.4) is 0 Å². The SMILES string of the molecule is C.C=C[C@@]1(C)CC(=O)[C@@]2(C)C3C4(CC[C@]3(CC[C@H]2C)[C@@H](C)[C@@H]1O)OCCO4.C=C[C@@]1(C)C[C@@H](O)[C@@]2(C)C3C4(CC[C@]3(CC[C@H]2C)[C@@H](C)[C@@H]1O)OCCO4.S=S=S=S=S=S. The molecule has 0 aromatic carbocycles. The summed E-state index contributed by atoms with van der Waals surface area (Å²) in [6.07, 6.45) is 10.8. The molecule has 0 radical (unpaired) electrons. The molecule has 4 bridgehead atoms. The van der Waals surface area contributed by atoms with Crippen molar-refractivity contribution in [3.8, 4) is 0 Å². The maximum atomic E-state index is 13.7. The molecule has 0 aromatic heterocycles. The van der Waals surface area contributed by atoms with E-state index >= 15 is 0 Å². The molecule has 2 spiro atoms. The van der Waals surface area contributed by atoms with Crippen molar-refractivity contribution in [1.82, 2.24) is 0 Å². The lowest BCUT2D eigenvalue weighted by molar-refractivity contribution is -0.281. The molecule has 59 heavy (non-hydrogen) atoms. The van der Waals surface area contributed by atoms with E-state index in [1.54, 1.807) is 6.08 Å². The molecule has 8 aliphatic rings. The van der Waals surface area contributed by atoms with Gasteiger partial charge in [-0.05, 0) is 79.4 Å². The zero-order chi connectivity index (χ0) is 42.7. The van der Waals surface area contributed by atoms with Crippen molar-refractivity contribution in [3.63, 3.8) is 0 Å². The Bertz CT molecular complexity index is 1740. The van der Waals surface area contributed by atoms with E-state index < -0.39 is 46.1 Å². The summed E-state index contributed by atoms with van der Waals surface area (Å²) >= 11 is 9.03. The molecule has 2 saturated heterocycles. The predicted molar refractivity (Wildman–Crippen MR) is 251 cm³/mol. The molecule has 3 N–H and O–H groups in total. The van der Waals surface area contributed by atoms with Crippen LogP contribution in [0.1, 0.15) is 127 Å². The summed E-state index contributed by atoms with van der Waals surface area (Å²) in [7, 11) is 5.63. The Kier molecular flexibility index (Phi) is 15.5. The van der Waals surface area contributed by atoms with Crippen molar-refractivity contribution < 1.29 is 39.1 Å². The Morgan fingerprint density at radius 3 is 1.54 bits per heavy atom. The fourth-order valence-electron chi connectivity index (χ4n) is 14.6. The third-order valence-electron chi connectivity index (χ3n) is 18.5. The van der Waals surface area contributed by atoms with Gasteiger partial charge >= 0.3 is 0 Å². The van der Waals surface area contributed by atoms with Gasteiger partial charge in [0.15, 0.2) is 11.6 Å². The number of rotatable bonds is 2. The fourth-order valence-corrected chi connectivity index (χ4v) is 20.1. The van der Waals surface area contributed by atoms with Crippen LogP contribution in [0.5, 0.6) is 0 Å². The Balaban J connectivity index is 0.000000194. The van der Waals surface area contributed by atoms with Crippen LogP contribution in [0.25, 0.3) is 0 Å². The van der Waals surface area contributed by atoms with Crippen LogP contribution in [-0.2, 0) is 81.6 Å². The van der Waals surface area contributed by atoms with Crippen molar-refractivity contribution in [2.24, 2.45) is 68.0 Å². The molecule has 8 rings (SSSR count). The lowest BCUT2D eigenvalue weighted by Crippen LogP contribution is -2.65. The minimum Gasteiger partial charge on any atom is -0.393 e. The Morgan fingerprint density at radius 2 is 1.08 bits per heavy atom. The third-order valence-corrected chi connectivity index (χ3v) is 25.1. The van der Waals surface area contributed by atoms with E-state index in [9.17, 15) is 20.1 Å². The molecule has 6 aliphatic carbocycles. The second-order valence-electron chi connectivity index (χ2n) is 20.4. The van der Waals surface area contributed by atoms with Crippen molar-refractivity contribution >= 4 is 63.7 Å². The third kappa shape index (κ3) is 7.63. The van der Waals surface area contributed by atoms with Crippen LogP contribution in [0.15, 0.2) is 25.3 Å². The Morgan fingerprint density at radius 1 is 0.661 bits per heavy atom. The first kappa shape index (κ1) is 50.2. The number of Topliss-reactive ketones (excluding diaryl/α,β-unsaturated/α-hetero) is 1. The standard InChI is InChI=1S/C22H36O4.C22H34O4.CH4.S6/c2*1-6-19(4)13-16(23)20(5)14(2)7-8-21(15(3)17(19)24)9-10-22(18(20)21)25-11-12-26-22;;1-3-5-6-4-2/h6,14-18,23-24H,1,7-13H2,2-5H3;6,14-15,17-18,24H,1,7-13H2,2-5H3;1H4;/t14-,15+,16-,17+,18?,19+,20+,21-;14-,15+,17+,18?,19+,20+,21-;;/m11../s1. The van der Waals surface area contributed by atoms with Gasteiger partial charge in [0, 0.05) is 111 Å². The summed E-state index contributed by atoms with van der Waals surface area (Å²) in [6, 6.07) is 0. The molecule has 8 nitrogen and oxygen atoms in total. The van der Waals surface area contributed by atoms with E-state index in [4.69, 9.17) is 18.9 Å². The number of carbonyl (C=O) groups is 1. The van der Waals surface area contributed by atoms with Gasteiger partial charge in [-0.2, -0.15) is 0 Å². The molecule has 2 unspecified atom stereocenters. The number of hydrogen-bond acceptors (Lipinski definition) is 10. The molecule has 0 amide bonds. The molecule has 2 aliphatic heterocycles. The lowest BCUT2D eigenvalue weighted by atomic mass is 9.43. The maximum absolute atomic E-state index is 13.7. The van der Waals surface area contributed by atoms with Gasteiger partial charge in [0.25, 0.3) is 0 Å². The Hall–Kier alpha value is 0.190. The molecule has 6 saturated carbocycles. The van der Waals surface area contributed by atoms with Gasteiger partial charge in [-0.15, -0.1) is 13.2 Å². The average molecular weight is 935 g/mol. The monoisotopic (exact) mass is 934 g/mol. The number of carbonyl (C=O) groups excluding carboxylic acids is 1. The molecule has 338 valence electrons. The van der Waals surface area contributed by atoms with Crippen LogP contribution in [0.2, 0.25) is 0 Å². The van der Waals surface area contributed by atoms with Crippen molar-refractivity contribution in [1.29, 1.82) is 0 Å². The summed E-state index contributed by atoms with van der Waals surface area (Å²) in [5, 5.41) is 34.3. The highest BCUT2D eigenvalue weighted by Gasteiger charge is 2.75. The van der Waals surface area contributed by atoms with E-state index in [0.717, 1.165) is 51.4 Å². The summed E-state index contributed by atoms with van der Waals surface area (Å²) in [6.45, 7) is 27.8. The van der Waals surface area contributed by atoms with Crippen molar-refractivity contribution in [3.05, 3.63) is 25.3 Å². The molecular formula is C45H74O8S6. The van der Waals surface area contributed by atoms with Crippen LogP contribution in [0.4, 0.5) is 0 Å². The van der Waals surface area contributed by atoms with Gasteiger partial charge in [-0.25, -0.2) is 0 Å². The number of ketones is 1. The number of ether oxygens (including phenoxy) is 4. The largest absolute Gasteiger partial charge is 0.393 e. The summed E-state index contributed by atoms with van der Waals surface area (Å²) in [5.74, 6) is -0.00212. The number of hydrogen-bond donors (Lipinski definition) is 3. The highest BCUT2D eigenvalue weighted by molar-refractivity contribution is 8.64. The zero-order valence-electron chi connectivity index (χ0n) is 36.0. The molecule has 8 fully saturated rings. The quantitative estimate of drug-likeness (QED) is 0.237. The topological polar surface area (TPSA) is 115 Å². The van der Waals surface area contributed by atoms with Crippen LogP contribution in [0, 0.1) is 68.0 Å². The minimum absolute atomic E-state index is 0. The normalized spacial score (nSPS) is 48.7. The second-order valence-corrected chi connectivity index (χ2v) is 27.4. The van der Waals surface area contributed by atoms with E-state index in [1.807, 2.05) is 13.0 Å². The highest BCUT2D eigenvalue weighted by atomic mass is 33.3. The van der Waals surface area contributed by atoms with Gasteiger partial charge in [0.05, 0.1) is 44.7 Å². The second kappa shape index (κ2) is 18.2. The zero-order valence-corrected chi connectivity index (χ0v) is 40.9. The first-order valence-electron chi connectivity index (χ1n) is 21.6. The first-order chi connectivity index (χ1) is 27.2. The van der Waals surface area contributed by atoms with E-state index in [2.05, 4.69) is 84.0 Å². The molecule has 14 heteroatoms. The van der Waals surface area contributed by atoms with Gasteiger partial charge in [-0.3, -0.25) is 4.79 Å². The van der Waals surface area contributed by atoms with Crippen LogP contribution < -0.4 is 0 Å². The van der Waals surface area contributed by atoms with E-state index in [0.29, 0.717) is 45.2 Å². The van der Waals surface area contributed by atoms with Crippen LogP contribution >= 0.6 is 0 Å². The highest BCUT2D eigenvalue weighted by Crippen LogP contribution is 2.73. The van der Waals surface area contributed by atoms with Gasteiger partial charge in [0.2, 0.25) is 0 Å². The molecular weight excluding hydrogens is 861 g/mol. The summed E-state index contributed by atoms with van der Waals surface area (Å²) in [4.78, 5) is 13.7. The van der Waals surface area contributed by atoms with Crippen molar-refractivity contribution in [2.75, 3.05) is 26.4 Å². The maximum Gasteiger partial charge on any atom is 0.172 e. The Labute approximate surface area is 376 Å². The average Bonchev–Trinajstić information content (AvgIpc) is 4.03. The lowest BCUT2D eigenvalue weighted by Gasteiger charge is -2.63. The number of aliphatic hydroxyl groups is 3. The van der Waals surface area contributed by atoms with Crippen molar-refractivity contribution in [2.45, 2.75) is 157 Å². The van der Waals surface area contributed by atoms with Crippen LogP contribution in [-0.4, -0.2) is 77.4 Å². The van der Waals surface area contributed by atoms with Gasteiger partial charge in [-0.1, -0.05) is 75.0 Å². The first-order valence-corrected chi connectivity index (χ1v) is 28.2. The fraction of sp³-hybridized carbons (Fsp3) is 0.889. The summed E-state index contributed by atoms with van der Waals surface area (Å²) < 4.78 is 25.1. The molecule has 2 heterocycles. The number of aliphatic hydroxyl groups excluding tert-OH is 3. The van der Waals surface area contributed by atoms with Gasteiger partial charge < -0.3 is 34.3 Å². The van der Waals surface area contributed by atoms with E-state index in [-0.39, 0.29) is 59.0 Å². The smallest absolute Gasteiger partial charge is 0.172 e. The predicted octanol–water partition coefficient (Wildman–Crippen LogP) is 7.86. The summed E-state index contributed by atoms with van der Waals surface area (Å²) in [5.41, 5.74) is -2.03.